The minimum absolute atomic E-state index is 0.443. The summed E-state index contributed by atoms with van der Waals surface area (Å²) in [5, 5.41) is 3.58. The van der Waals surface area contributed by atoms with Gasteiger partial charge >= 0.3 is 0 Å². The first-order valence-electron chi connectivity index (χ1n) is 7.09. The van der Waals surface area contributed by atoms with Gasteiger partial charge in [0.05, 0.1) is 6.33 Å². The third-order valence-corrected chi connectivity index (χ3v) is 3.70. The Morgan fingerprint density at radius 2 is 2.32 bits per heavy atom. The van der Waals surface area contributed by atoms with Crippen molar-refractivity contribution in [3.63, 3.8) is 0 Å². The van der Waals surface area contributed by atoms with Gasteiger partial charge in [-0.2, -0.15) is 0 Å². The lowest BCUT2D eigenvalue weighted by atomic mass is 10.1. The highest BCUT2D eigenvalue weighted by molar-refractivity contribution is 5.29. The summed E-state index contributed by atoms with van der Waals surface area (Å²) in [5.74, 6) is 0.836. The van der Waals surface area contributed by atoms with Gasteiger partial charge in [0.15, 0.2) is 0 Å². The monoisotopic (exact) mass is 255 g/mol. The zero-order valence-corrected chi connectivity index (χ0v) is 11.4. The predicted molar refractivity (Wildman–Crippen MR) is 76.9 cm³/mol. The minimum atomic E-state index is 0.443. The Morgan fingerprint density at radius 3 is 3.05 bits per heavy atom. The number of rotatable bonds is 6. The molecule has 100 valence electrons. The van der Waals surface area contributed by atoms with Crippen molar-refractivity contribution in [1.29, 1.82) is 0 Å². The van der Waals surface area contributed by atoms with Crippen LogP contribution >= 0.6 is 0 Å². The van der Waals surface area contributed by atoms with Gasteiger partial charge in [-0.15, -0.1) is 0 Å². The molecule has 1 unspecified atom stereocenters. The van der Waals surface area contributed by atoms with Gasteiger partial charge in [0.1, 0.15) is 0 Å². The van der Waals surface area contributed by atoms with Crippen LogP contribution in [0.5, 0.6) is 0 Å². The van der Waals surface area contributed by atoms with E-state index in [1.54, 1.807) is 0 Å². The number of nitrogens with zero attached hydrogens (tertiary/aromatic N) is 2. The number of hydrogen-bond acceptors (Lipinski definition) is 2. The third kappa shape index (κ3) is 3.44. The Labute approximate surface area is 114 Å². The lowest BCUT2D eigenvalue weighted by Crippen LogP contribution is -2.29. The molecule has 1 aliphatic carbocycles. The lowest BCUT2D eigenvalue weighted by Gasteiger charge is -2.14. The molecule has 0 radical (unpaired) electrons. The molecule has 1 heterocycles. The topological polar surface area (TPSA) is 29.9 Å². The van der Waals surface area contributed by atoms with Crippen molar-refractivity contribution in [3.8, 4) is 0 Å². The van der Waals surface area contributed by atoms with E-state index in [1.807, 2.05) is 18.7 Å². The second-order valence-corrected chi connectivity index (χ2v) is 5.56. The van der Waals surface area contributed by atoms with Crippen LogP contribution in [0.1, 0.15) is 36.8 Å². The van der Waals surface area contributed by atoms with Crippen LogP contribution in [0.15, 0.2) is 43.0 Å². The van der Waals surface area contributed by atoms with Crippen LogP contribution in [-0.2, 0) is 13.1 Å². The molecule has 1 atom stereocenters. The molecule has 1 fully saturated rings. The van der Waals surface area contributed by atoms with Crippen LogP contribution < -0.4 is 5.32 Å². The van der Waals surface area contributed by atoms with Gasteiger partial charge in [0, 0.05) is 31.5 Å². The molecular formula is C16H21N3. The van der Waals surface area contributed by atoms with Crippen molar-refractivity contribution in [1.82, 2.24) is 14.9 Å². The first kappa shape index (κ1) is 12.4. The van der Waals surface area contributed by atoms with Crippen molar-refractivity contribution in [3.05, 3.63) is 54.1 Å². The van der Waals surface area contributed by atoms with E-state index in [1.165, 1.54) is 24.0 Å². The molecule has 0 bridgehead atoms. The number of imidazole rings is 1. The molecule has 0 spiro atoms. The second-order valence-electron chi connectivity index (χ2n) is 5.56. The fourth-order valence-corrected chi connectivity index (χ4v) is 2.44. The third-order valence-electron chi connectivity index (χ3n) is 3.70. The van der Waals surface area contributed by atoms with Crippen molar-refractivity contribution in [2.24, 2.45) is 0 Å². The van der Waals surface area contributed by atoms with Gasteiger partial charge in [-0.25, -0.2) is 4.98 Å². The van der Waals surface area contributed by atoms with Crippen molar-refractivity contribution in [2.75, 3.05) is 0 Å². The Bertz CT molecular complexity index is 515. The Balaban J connectivity index is 1.52. The van der Waals surface area contributed by atoms with Gasteiger partial charge in [-0.1, -0.05) is 24.3 Å². The summed E-state index contributed by atoms with van der Waals surface area (Å²) in [5.41, 5.74) is 2.91. The summed E-state index contributed by atoms with van der Waals surface area (Å²) in [6.07, 6.45) is 8.44. The average molecular weight is 255 g/mol. The zero-order chi connectivity index (χ0) is 13.1. The minimum Gasteiger partial charge on any atom is -0.336 e. The summed E-state index contributed by atoms with van der Waals surface area (Å²) in [4.78, 5) is 4.07. The molecule has 19 heavy (non-hydrogen) atoms. The van der Waals surface area contributed by atoms with Gasteiger partial charge in [-0.05, 0) is 36.8 Å². The molecule has 1 aromatic heterocycles. The van der Waals surface area contributed by atoms with Crippen molar-refractivity contribution < 1.29 is 0 Å². The van der Waals surface area contributed by atoms with Crippen LogP contribution in [0.25, 0.3) is 0 Å². The summed E-state index contributed by atoms with van der Waals surface area (Å²) >= 11 is 0. The maximum Gasteiger partial charge on any atom is 0.0946 e. The number of benzene rings is 1. The number of hydrogen-bond donors (Lipinski definition) is 1. The quantitative estimate of drug-likeness (QED) is 0.860. The maximum atomic E-state index is 4.07. The van der Waals surface area contributed by atoms with Crippen LogP contribution in [0, 0.1) is 0 Å². The molecule has 3 heteroatoms. The van der Waals surface area contributed by atoms with E-state index in [4.69, 9.17) is 0 Å². The molecule has 3 nitrogen and oxygen atoms in total. The Morgan fingerprint density at radius 1 is 1.42 bits per heavy atom. The van der Waals surface area contributed by atoms with Gasteiger partial charge in [0.25, 0.3) is 0 Å². The molecule has 0 saturated heterocycles. The van der Waals surface area contributed by atoms with Crippen molar-refractivity contribution >= 4 is 0 Å². The molecule has 2 aromatic rings. The predicted octanol–water partition coefficient (Wildman–Crippen LogP) is 2.94. The van der Waals surface area contributed by atoms with E-state index in [0.717, 1.165) is 19.0 Å². The summed E-state index contributed by atoms with van der Waals surface area (Å²) in [6, 6.07) is 9.46. The van der Waals surface area contributed by atoms with Gasteiger partial charge < -0.3 is 9.88 Å². The molecule has 0 aliphatic heterocycles. The van der Waals surface area contributed by atoms with Crippen molar-refractivity contribution in [2.45, 2.75) is 44.8 Å². The van der Waals surface area contributed by atoms with E-state index < -0.39 is 0 Å². The van der Waals surface area contributed by atoms with E-state index in [9.17, 15) is 0 Å². The normalized spacial score (nSPS) is 16.5. The summed E-state index contributed by atoms with van der Waals surface area (Å²) in [6.45, 7) is 4.11. The fourth-order valence-electron chi connectivity index (χ4n) is 2.44. The number of aromatic nitrogens is 2. The fraction of sp³-hybridized carbons (Fsp3) is 0.438. The largest absolute Gasteiger partial charge is 0.336 e. The van der Waals surface area contributed by atoms with Crippen LogP contribution in [0.2, 0.25) is 0 Å². The highest BCUT2D eigenvalue weighted by atomic mass is 15.1. The highest BCUT2D eigenvalue weighted by Gasteiger charge is 2.23. The lowest BCUT2D eigenvalue weighted by molar-refractivity contribution is 0.476. The molecular weight excluding hydrogens is 234 g/mol. The Kier molecular flexibility index (Phi) is 3.65. The standard InChI is InChI=1S/C16H21N3/c1-13(11-19-8-7-17-12-19)18-10-14-3-2-4-16(9-14)15-5-6-15/h2-4,7-9,12-13,15,18H,5-6,10-11H2,1H3. The first-order valence-corrected chi connectivity index (χ1v) is 7.09. The SMILES string of the molecule is CC(Cn1ccnc1)NCc1cccc(C2CC2)c1. The summed E-state index contributed by atoms with van der Waals surface area (Å²) in [7, 11) is 0. The highest BCUT2D eigenvalue weighted by Crippen LogP contribution is 2.40. The Hall–Kier alpha value is -1.61. The zero-order valence-electron chi connectivity index (χ0n) is 11.4. The maximum absolute atomic E-state index is 4.07. The second kappa shape index (κ2) is 5.57. The molecule has 1 aliphatic rings. The molecule has 1 N–H and O–H groups in total. The van der Waals surface area contributed by atoms with E-state index >= 15 is 0 Å². The van der Waals surface area contributed by atoms with Gasteiger partial charge in [-0.3, -0.25) is 0 Å². The molecule has 0 amide bonds. The van der Waals surface area contributed by atoms with Crippen LogP contribution in [0.3, 0.4) is 0 Å². The van der Waals surface area contributed by atoms with Gasteiger partial charge in [0.2, 0.25) is 0 Å². The first-order chi connectivity index (χ1) is 9.31. The average Bonchev–Trinajstić information content (AvgIpc) is 3.16. The van der Waals surface area contributed by atoms with E-state index in [2.05, 4.69) is 46.1 Å². The molecule has 3 rings (SSSR count). The van der Waals surface area contributed by atoms with Crippen LogP contribution in [-0.4, -0.2) is 15.6 Å². The number of nitrogens with one attached hydrogen (secondary N) is 1. The molecule has 1 saturated carbocycles. The smallest absolute Gasteiger partial charge is 0.0946 e. The summed E-state index contributed by atoms with van der Waals surface area (Å²) < 4.78 is 2.11. The molecule has 1 aromatic carbocycles. The van der Waals surface area contributed by atoms with E-state index in [-0.39, 0.29) is 0 Å². The van der Waals surface area contributed by atoms with Crippen LogP contribution in [0.4, 0.5) is 0 Å². The van der Waals surface area contributed by atoms with E-state index in [0.29, 0.717) is 6.04 Å².